The molecule has 0 aromatic rings. The van der Waals surface area contributed by atoms with Crippen LogP contribution in [-0.2, 0) is 17.0 Å². The maximum Gasteiger partial charge on any atom is 0.443 e. The average molecular weight is 142 g/mol. The molecule has 0 aliphatic heterocycles. The Morgan fingerprint density at radius 2 is 2.14 bits per heavy atom. The van der Waals surface area contributed by atoms with Crippen molar-refractivity contribution in [2.75, 3.05) is 0 Å². The minimum atomic E-state index is -4.19. The standard InChI is InChI=1S/H3N2O3PS/c3-6(4,5)1-2-7/h(H3,1,3,4,5,7). The molecular formula is H3N2O3PS. The van der Waals surface area contributed by atoms with Gasteiger partial charge in [0.15, 0.2) is 0 Å². The summed E-state index contributed by atoms with van der Waals surface area (Å²) in [6.45, 7) is 0. The van der Waals surface area contributed by atoms with Gasteiger partial charge in [-0.15, -0.1) is 0 Å². The summed E-state index contributed by atoms with van der Waals surface area (Å²) in [4.78, 5) is 15.7. The summed E-state index contributed by atoms with van der Waals surface area (Å²) in [5.41, 5.74) is 0. The van der Waals surface area contributed by atoms with E-state index in [9.17, 15) is 4.57 Å². The van der Waals surface area contributed by atoms with Gasteiger partial charge < -0.3 is 9.79 Å². The van der Waals surface area contributed by atoms with Gasteiger partial charge in [0.25, 0.3) is 0 Å². The third kappa shape index (κ3) is 5.97. The quantitative estimate of drug-likeness (QED) is 0.351. The van der Waals surface area contributed by atoms with E-state index < -0.39 is 7.75 Å². The number of hydrogen-bond donors (Lipinski definition) is 3. The van der Waals surface area contributed by atoms with Crippen molar-refractivity contribution in [3.8, 4) is 0 Å². The van der Waals surface area contributed by atoms with Crippen LogP contribution in [0.3, 0.4) is 0 Å². The van der Waals surface area contributed by atoms with Gasteiger partial charge in [0.05, 0.1) is 12.4 Å². The van der Waals surface area contributed by atoms with Crippen LogP contribution in [0.5, 0.6) is 0 Å². The van der Waals surface area contributed by atoms with Crippen LogP contribution in [0.4, 0.5) is 0 Å². The Hall–Kier alpha value is -0.0300. The van der Waals surface area contributed by atoms with Gasteiger partial charge in [-0.3, -0.25) is 0 Å². The Balaban J connectivity index is 3.57. The zero-order chi connectivity index (χ0) is 5.91. The first-order chi connectivity index (χ1) is 3.06. The van der Waals surface area contributed by atoms with Gasteiger partial charge in [-0.25, -0.2) is 9.76 Å². The van der Waals surface area contributed by atoms with Crippen molar-refractivity contribution < 1.29 is 14.4 Å². The Bertz CT molecular complexity index is 106. The molecule has 0 aromatic carbocycles. The predicted molar refractivity (Wildman–Crippen MR) is 25.0 cm³/mol. The van der Waals surface area contributed by atoms with E-state index >= 15 is 0 Å². The Morgan fingerprint density at radius 1 is 1.71 bits per heavy atom. The highest BCUT2D eigenvalue weighted by atomic mass is 32.1. The van der Waals surface area contributed by atoms with E-state index in [1.165, 1.54) is 5.20 Å². The fraction of sp³-hybridized carbons (Fsp3) is 0. The molecule has 0 amide bonds. The second-order valence-corrected chi connectivity index (χ2v) is 2.21. The average Bonchev–Trinajstić information content (AvgIpc) is 1.30. The number of nitrogens with zero attached hydrogens (tertiary/aromatic N) is 1. The van der Waals surface area contributed by atoms with Crippen molar-refractivity contribution in [2.45, 2.75) is 0 Å². The van der Waals surface area contributed by atoms with Crippen LogP contribution in [0, 0.1) is 0 Å². The maximum absolute atomic E-state index is 9.65. The first-order valence-electron chi connectivity index (χ1n) is 1.21. The van der Waals surface area contributed by atoms with Crippen molar-refractivity contribution in [3.05, 3.63) is 0 Å². The Kier molecular flexibility index (Phi) is 2.31. The van der Waals surface area contributed by atoms with Gasteiger partial charge in [0.1, 0.15) is 0 Å². The summed E-state index contributed by atoms with van der Waals surface area (Å²) < 4.78 is 12.2. The van der Waals surface area contributed by atoms with Gasteiger partial charge in [-0.1, -0.05) is 4.47 Å². The number of nitrogens with one attached hydrogen (secondary N) is 1. The lowest BCUT2D eigenvalue weighted by molar-refractivity contribution is 0.359. The van der Waals surface area contributed by atoms with Crippen LogP contribution < -0.4 is 5.20 Å². The minimum Gasteiger partial charge on any atom is -0.307 e. The zero-order valence-corrected chi connectivity index (χ0v) is 4.82. The molecule has 7 heteroatoms. The van der Waals surface area contributed by atoms with Crippen molar-refractivity contribution in [1.82, 2.24) is 5.20 Å². The van der Waals surface area contributed by atoms with Crippen molar-refractivity contribution in [3.63, 3.8) is 0 Å². The molecule has 0 saturated carbocycles. The normalized spacial score (nSPS) is 10.6. The van der Waals surface area contributed by atoms with E-state index in [1.54, 1.807) is 0 Å². The Morgan fingerprint density at radius 3 is 2.14 bits per heavy atom. The fourth-order valence-corrected chi connectivity index (χ4v) is 0.479. The smallest absolute Gasteiger partial charge is 0.307 e. The molecular weight excluding hydrogens is 139 g/mol. The summed E-state index contributed by atoms with van der Waals surface area (Å²) >= 11 is 3.82. The van der Waals surface area contributed by atoms with E-state index in [2.05, 4.69) is 16.9 Å². The molecule has 0 heterocycles. The highest BCUT2D eigenvalue weighted by Crippen LogP contribution is 2.27. The summed E-state index contributed by atoms with van der Waals surface area (Å²) in [5, 5.41) is 1.39. The second-order valence-electron chi connectivity index (χ2n) is 0.735. The molecule has 7 heavy (non-hydrogen) atoms. The van der Waals surface area contributed by atoms with Crippen molar-refractivity contribution in [2.24, 2.45) is 4.47 Å². The van der Waals surface area contributed by atoms with Crippen LogP contribution >= 0.6 is 7.75 Å². The van der Waals surface area contributed by atoms with E-state index in [1.807, 2.05) is 0 Å². The second kappa shape index (κ2) is 2.32. The van der Waals surface area contributed by atoms with Crippen LogP contribution in [-0.4, -0.2) is 9.79 Å². The molecule has 0 unspecified atom stereocenters. The lowest BCUT2D eigenvalue weighted by Gasteiger charge is -1.95. The van der Waals surface area contributed by atoms with Crippen LogP contribution in [0.2, 0.25) is 0 Å². The highest BCUT2D eigenvalue weighted by Gasteiger charge is 2.07. The van der Waals surface area contributed by atoms with Gasteiger partial charge in [-0.05, 0) is 0 Å². The lowest BCUT2D eigenvalue weighted by Crippen LogP contribution is -1.97. The summed E-state index contributed by atoms with van der Waals surface area (Å²) in [7, 11) is -4.19. The molecule has 0 saturated heterocycles. The fourth-order valence-electron chi connectivity index (χ4n) is 0.0532. The minimum absolute atomic E-state index is 1.39. The summed E-state index contributed by atoms with van der Waals surface area (Å²) in [6, 6.07) is 0. The maximum atomic E-state index is 9.65. The van der Waals surface area contributed by atoms with Crippen LogP contribution in [0.25, 0.3) is 0 Å². The molecule has 3 N–H and O–H groups in total. The molecule has 5 nitrogen and oxygen atoms in total. The molecule has 0 radical (unpaired) electrons. The zero-order valence-electron chi connectivity index (χ0n) is 3.11. The van der Waals surface area contributed by atoms with E-state index in [0.29, 0.717) is 0 Å². The molecule has 0 rings (SSSR count). The molecule has 0 aliphatic carbocycles. The molecule has 0 spiro atoms. The van der Waals surface area contributed by atoms with E-state index in [4.69, 9.17) is 9.79 Å². The largest absolute Gasteiger partial charge is 0.443 e. The highest BCUT2D eigenvalue weighted by molar-refractivity contribution is 7.51. The van der Waals surface area contributed by atoms with E-state index in [0.717, 1.165) is 0 Å². The summed E-state index contributed by atoms with van der Waals surface area (Å²) in [5.74, 6) is 0. The number of rotatable bonds is 2. The van der Waals surface area contributed by atoms with Crippen molar-refractivity contribution in [1.29, 1.82) is 0 Å². The summed E-state index contributed by atoms with van der Waals surface area (Å²) in [6.07, 6.45) is 0. The molecule has 0 aromatic heterocycles. The molecule has 0 atom stereocenters. The van der Waals surface area contributed by atoms with Gasteiger partial charge >= 0.3 is 7.75 Å². The molecule has 42 valence electrons. The third-order valence-corrected chi connectivity index (χ3v) is 0.758. The third-order valence-electron chi connectivity index (χ3n) is 0.171. The van der Waals surface area contributed by atoms with Gasteiger partial charge in [0.2, 0.25) is 0 Å². The molecule has 0 fully saturated rings. The molecule has 0 bridgehead atoms. The Labute approximate surface area is 45.1 Å². The monoisotopic (exact) mass is 142 g/mol. The van der Waals surface area contributed by atoms with Crippen LogP contribution in [0.15, 0.2) is 4.47 Å². The SMILES string of the molecule is O=P(O)(O)NN=S. The molecule has 0 aliphatic rings. The van der Waals surface area contributed by atoms with E-state index in [-0.39, 0.29) is 0 Å². The topological polar surface area (TPSA) is 81.9 Å². The number of hydrogen-bond acceptors (Lipinski definition) is 3. The first-order valence-corrected chi connectivity index (χ1v) is 3.19. The van der Waals surface area contributed by atoms with Gasteiger partial charge in [-0.2, -0.15) is 0 Å². The van der Waals surface area contributed by atoms with Crippen molar-refractivity contribution >= 4 is 20.2 Å². The predicted octanol–water partition coefficient (Wildman–Crippen LogP) is -0.686. The lowest BCUT2D eigenvalue weighted by atomic mass is 13.0. The first kappa shape index (κ1) is 6.97. The van der Waals surface area contributed by atoms with Gasteiger partial charge in [0, 0.05) is 0 Å². The van der Waals surface area contributed by atoms with Crippen LogP contribution in [0.1, 0.15) is 0 Å².